The lowest BCUT2D eigenvalue weighted by Gasteiger charge is -2.19. The smallest absolute Gasteiger partial charge is 0.256 e. The Labute approximate surface area is 136 Å². The summed E-state index contributed by atoms with van der Waals surface area (Å²) in [6, 6.07) is 7.52. The van der Waals surface area contributed by atoms with E-state index in [1.807, 2.05) is 31.2 Å². The number of amides is 1. The molecule has 120 valence electrons. The average molecular weight is 310 g/mol. The number of hydrogen-bond donors (Lipinski definition) is 1. The first-order chi connectivity index (χ1) is 11.2. The summed E-state index contributed by atoms with van der Waals surface area (Å²) < 4.78 is 0. The molecule has 0 atom stereocenters. The summed E-state index contributed by atoms with van der Waals surface area (Å²) in [5, 5.41) is 2.86. The normalized spacial score (nSPS) is 15.1. The van der Waals surface area contributed by atoms with Crippen LogP contribution >= 0.6 is 0 Å². The van der Waals surface area contributed by atoms with Crippen molar-refractivity contribution in [3.8, 4) is 0 Å². The fourth-order valence-corrected chi connectivity index (χ4v) is 2.85. The monoisotopic (exact) mass is 310 g/mol. The Kier molecular flexibility index (Phi) is 4.86. The zero-order valence-corrected chi connectivity index (χ0v) is 13.5. The van der Waals surface area contributed by atoms with Gasteiger partial charge in [-0.1, -0.05) is 31.0 Å². The van der Waals surface area contributed by atoms with Gasteiger partial charge in [0, 0.05) is 18.7 Å². The predicted octanol–water partition coefficient (Wildman–Crippen LogP) is 3.42. The summed E-state index contributed by atoms with van der Waals surface area (Å²) in [4.78, 5) is 23.3. The van der Waals surface area contributed by atoms with Gasteiger partial charge >= 0.3 is 0 Å². The lowest BCUT2D eigenvalue weighted by molar-refractivity contribution is 0.102. The molecule has 23 heavy (non-hydrogen) atoms. The first-order valence-corrected chi connectivity index (χ1v) is 8.18. The van der Waals surface area contributed by atoms with Gasteiger partial charge in [-0.2, -0.15) is 0 Å². The van der Waals surface area contributed by atoms with E-state index in [-0.39, 0.29) is 5.91 Å². The third kappa shape index (κ3) is 3.86. The molecule has 0 saturated carbocycles. The van der Waals surface area contributed by atoms with Crippen molar-refractivity contribution in [3.05, 3.63) is 47.8 Å². The van der Waals surface area contributed by atoms with Crippen molar-refractivity contribution in [1.82, 2.24) is 9.97 Å². The van der Waals surface area contributed by atoms with Gasteiger partial charge < -0.3 is 10.2 Å². The molecule has 1 N–H and O–H groups in total. The van der Waals surface area contributed by atoms with Crippen LogP contribution in [0.15, 0.2) is 36.7 Å². The zero-order valence-electron chi connectivity index (χ0n) is 13.5. The van der Waals surface area contributed by atoms with Crippen molar-refractivity contribution in [2.45, 2.75) is 32.6 Å². The van der Waals surface area contributed by atoms with Crippen LogP contribution in [-0.4, -0.2) is 29.0 Å². The van der Waals surface area contributed by atoms with Crippen LogP contribution < -0.4 is 10.2 Å². The van der Waals surface area contributed by atoms with Gasteiger partial charge in [-0.15, -0.1) is 0 Å². The van der Waals surface area contributed by atoms with Crippen molar-refractivity contribution in [3.63, 3.8) is 0 Å². The predicted molar refractivity (Wildman–Crippen MR) is 91.8 cm³/mol. The molecule has 0 bridgehead atoms. The maximum atomic E-state index is 12.3. The number of aryl methyl sites for hydroxylation is 1. The second-order valence-electron chi connectivity index (χ2n) is 5.94. The summed E-state index contributed by atoms with van der Waals surface area (Å²) in [6.07, 6.45) is 8.30. The molecule has 2 heterocycles. The van der Waals surface area contributed by atoms with E-state index in [1.54, 1.807) is 12.4 Å². The Morgan fingerprint density at radius 1 is 1.04 bits per heavy atom. The minimum absolute atomic E-state index is 0.130. The highest BCUT2D eigenvalue weighted by molar-refractivity contribution is 6.05. The Morgan fingerprint density at radius 2 is 1.70 bits per heavy atom. The number of nitrogens with zero attached hydrogens (tertiary/aromatic N) is 3. The van der Waals surface area contributed by atoms with E-state index in [0.717, 1.165) is 24.6 Å². The number of nitrogens with one attached hydrogen (secondary N) is 1. The van der Waals surface area contributed by atoms with Crippen LogP contribution in [-0.2, 0) is 0 Å². The Morgan fingerprint density at radius 3 is 2.35 bits per heavy atom. The molecule has 1 saturated heterocycles. The van der Waals surface area contributed by atoms with Crippen LogP contribution in [0.5, 0.6) is 0 Å². The maximum Gasteiger partial charge on any atom is 0.256 e. The number of hydrogen-bond acceptors (Lipinski definition) is 4. The second-order valence-corrected chi connectivity index (χ2v) is 5.94. The minimum atomic E-state index is -0.130. The largest absolute Gasteiger partial charge is 0.341 e. The summed E-state index contributed by atoms with van der Waals surface area (Å²) in [5.74, 6) is 0.620. The lowest BCUT2D eigenvalue weighted by Crippen LogP contribution is -2.26. The molecule has 0 spiro atoms. The van der Waals surface area contributed by atoms with Gasteiger partial charge in [0.05, 0.1) is 18.1 Å². The molecule has 0 aliphatic carbocycles. The van der Waals surface area contributed by atoms with Gasteiger partial charge in [0.1, 0.15) is 0 Å². The van der Waals surface area contributed by atoms with Crippen molar-refractivity contribution >= 4 is 17.5 Å². The number of carbonyl (C=O) groups is 1. The van der Waals surface area contributed by atoms with E-state index in [0.29, 0.717) is 11.3 Å². The van der Waals surface area contributed by atoms with Gasteiger partial charge in [0.15, 0.2) is 0 Å². The average Bonchev–Trinajstić information content (AvgIpc) is 2.85. The number of rotatable bonds is 3. The van der Waals surface area contributed by atoms with E-state index in [1.165, 1.54) is 25.7 Å². The number of anilines is 2. The van der Waals surface area contributed by atoms with Crippen LogP contribution in [0.4, 0.5) is 11.6 Å². The zero-order chi connectivity index (χ0) is 16.1. The third-order valence-electron chi connectivity index (χ3n) is 4.17. The molecule has 1 aromatic carbocycles. The highest BCUT2D eigenvalue weighted by Crippen LogP contribution is 2.17. The molecule has 0 radical (unpaired) electrons. The molecule has 0 unspecified atom stereocenters. The van der Waals surface area contributed by atoms with Crippen molar-refractivity contribution in [2.24, 2.45) is 0 Å². The van der Waals surface area contributed by atoms with Crippen molar-refractivity contribution < 1.29 is 4.79 Å². The summed E-state index contributed by atoms with van der Waals surface area (Å²) in [6.45, 7) is 3.94. The lowest BCUT2D eigenvalue weighted by atomic mass is 10.1. The molecule has 1 fully saturated rings. The minimum Gasteiger partial charge on any atom is -0.341 e. The number of benzene rings is 1. The van der Waals surface area contributed by atoms with Crippen LogP contribution in [0.3, 0.4) is 0 Å². The van der Waals surface area contributed by atoms with Crippen LogP contribution in [0.25, 0.3) is 0 Å². The van der Waals surface area contributed by atoms with Gasteiger partial charge in [-0.25, -0.2) is 9.97 Å². The Balaban J connectivity index is 1.67. The van der Waals surface area contributed by atoms with Crippen LogP contribution in [0, 0.1) is 6.92 Å². The van der Waals surface area contributed by atoms with E-state index in [2.05, 4.69) is 20.2 Å². The summed E-state index contributed by atoms with van der Waals surface area (Å²) in [5.41, 5.74) is 2.24. The number of carbonyl (C=O) groups excluding carboxylic acids is 1. The van der Waals surface area contributed by atoms with E-state index < -0.39 is 0 Å². The molecule has 1 aromatic heterocycles. The highest BCUT2D eigenvalue weighted by Gasteiger charge is 2.13. The first-order valence-electron chi connectivity index (χ1n) is 8.18. The van der Waals surface area contributed by atoms with Crippen molar-refractivity contribution in [2.75, 3.05) is 23.3 Å². The van der Waals surface area contributed by atoms with Gasteiger partial charge in [0.25, 0.3) is 5.91 Å². The molecular weight excluding hydrogens is 288 g/mol. The molecule has 5 nitrogen and oxygen atoms in total. The van der Waals surface area contributed by atoms with Crippen LogP contribution in [0.2, 0.25) is 0 Å². The van der Waals surface area contributed by atoms with E-state index >= 15 is 0 Å². The third-order valence-corrected chi connectivity index (χ3v) is 4.17. The fourth-order valence-electron chi connectivity index (χ4n) is 2.85. The van der Waals surface area contributed by atoms with Crippen LogP contribution in [0.1, 0.15) is 41.6 Å². The van der Waals surface area contributed by atoms with Crippen molar-refractivity contribution in [1.29, 1.82) is 0 Å². The first kappa shape index (κ1) is 15.5. The SMILES string of the molecule is Cc1ccccc1C(=O)Nc1cnc(N2CCCCCC2)nc1. The fraction of sp³-hybridized carbons (Fsp3) is 0.389. The molecular formula is C18H22N4O. The topological polar surface area (TPSA) is 58.1 Å². The Hall–Kier alpha value is -2.43. The quantitative estimate of drug-likeness (QED) is 0.943. The van der Waals surface area contributed by atoms with Gasteiger partial charge in [-0.3, -0.25) is 4.79 Å². The highest BCUT2D eigenvalue weighted by atomic mass is 16.1. The molecule has 1 aliphatic rings. The van der Waals surface area contributed by atoms with Gasteiger partial charge in [0.2, 0.25) is 5.95 Å². The van der Waals surface area contributed by atoms with E-state index in [4.69, 9.17) is 0 Å². The molecule has 3 rings (SSSR count). The molecule has 5 heteroatoms. The molecule has 2 aromatic rings. The maximum absolute atomic E-state index is 12.3. The Bertz CT molecular complexity index is 661. The second kappa shape index (κ2) is 7.22. The standard InChI is InChI=1S/C18H22N4O/c1-14-8-4-5-9-16(14)17(23)21-15-12-19-18(20-13-15)22-10-6-2-3-7-11-22/h4-5,8-9,12-13H,2-3,6-7,10-11H2,1H3,(H,21,23). The summed E-state index contributed by atoms with van der Waals surface area (Å²) >= 11 is 0. The summed E-state index contributed by atoms with van der Waals surface area (Å²) in [7, 11) is 0. The number of aromatic nitrogens is 2. The van der Waals surface area contributed by atoms with E-state index in [9.17, 15) is 4.79 Å². The molecule has 1 aliphatic heterocycles. The van der Waals surface area contributed by atoms with Gasteiger partial charge in [-0.05, 0) is 31.4 Å². The molecule has 1 amide bonds.